The monoisotopic (exact) mass is 213 g/mol. The molecule has 15 heavy (non-hydrogen) atoms. The fourth-order valence-electron chi connectivity index (χ4n) is 1.94. The number of piperazine rings is 1. The van der Waals surface area contributed by atoms with E-state index in [1.54, 1.807) is 0 Å². The average molecular weight is 213 g/mol. The predicted molar refractivity (Wildman–Crippen MR) is 56.7 cm³/mol. The Morgan fingerprint density at radius 1 is 1.40 bits per heavy atom. The normalized spacial score (nSPS) is 23.9. The summed E-state index contributed by atoms with van der Waals surface area (Å²) in [5.41, 5.74) is 0. The number of nitrogens with zero attached hydrogens (tertiary/aromatic N) is 2. The molecule has 0 saturated carbocycles. The van der Waals surface area contributed by atoms with Crippen molar-refractivity contribution in [3.05, 3.63) is 0 Å². The zero-order valence-electron chi connectivity index (χ0n) is 9.24. The van der Waals surface area contributed by atoms with E-state index in [-0.39, 0.29) is 18.6 Å². The van der Waals surface area contributed by atoms with Gasteiger partial charge in [0.1, 0.15) is 6.61 Å². The Balaban J connectivity index is 1.63. The van der Waals surface area contributed by atoms with Gasteiger partial charge in [0.15, 0.2) is 0 Å². The minimum Gasteiger partial charge on any atom is -0.366 e. The smallest absolute Gasteiger partial charge is 0.248 e. The van der Waals surface area contributed by atoms with E-state index in [4.69, 9.17) is 4.74 Å². The molecule has 5 heteroatoms. The average Bonchev–Trinajstić information content (AvgIpc) is 2.23. The van der Waals surface area contributed by atoms with Gasteiger partial charge in [-0.3, -0.25) is 4.79 Å². The molecule has 2 saturated heterocycles. The van der Waals surface area contributed by atoms with E-state index >= 15 is 0 Å². The number of likely N-dealkylation sites (N-methyl/N-ethyl adjacent to an activating group) is 1. The maximum Gasteiger partial charge on any atom is 0.248 e. The number of hydrogen-bond donors (Lipinski definition) is 1. The molecule has 2 rings (SSSR count). The van der Waals surface area contributed by atoms with Crippen LogP contribution in [0, 0.1) is 0 Å². The summed E-state index contributed by atoms with van der Waals surface area (Å²) in [5, 5.41) is 3.22. The van der Waals surface area contributed by atoms with Crippen LogP contribution in [0.15, 0.2) is 0 Å². The van der Waals surface area contributed by atoms with Gasteiger partial charge in [0.25, 0.3) is 0 Å². The van der Waals surface area contributed by atoms with Gasteiger partial charge in [-0.25, -0.2) is 0 Å². The van der Waals surface area contributed by atoms with E-state index in [1.807, 2.05) is 4.90 Å². The zero-order chi connectivity index (χ0) is 10.7. The molecule has 2 fully saturated rings. The SMILES string of the molecule is CN1CC(OCC(=O)N2CCNCC2)C1. The van der Waals surface area contributed by atoms with Crippen LogP contribution in [0.25, 0.3) is 0 Å². The number of carbonyl (C=O) groups excluding carboxylic acids is 1. The molecular formula is C10H19N3O2. The highest BCUT2D eigenvalue weighted by Gasteiger charge is 2.25. The highest BCUT2D eigenvalue weighted by molar-refractivity contribution is 5.77. The van der Waals surface area contributed by atoms with Gasteiger partial charge in [-0.05, 0) is 7.05 Å². The van der Waals surface area contributed by atoms with Crippen LogP contribution in [0.2, 0.25) is 0 Å². The Hall–Kier alpha value is -0.650. The van der Waals surface area contributed by atoms with E-state index in [2.05, 4.69) is 17.3 Å². The molecule has 5 nitrogen and oxygen atoms in total. The number of likely N-dealkylation sites (tertiary alicyclic amines) is 1. The summed E-state index contributed by atoms with van der Waals surface area (Å²) in [6, 6.07) is 0. The van der Waals surface area contributed by atoms with E-state index in [1.165, 1.54) is 0 Å². The lowest BCUT2D eigenvalue weighted by Gasteiger charge is -2.36. The molecule has 1 amide bonds. The summed E-state index contributed by atoms with van der Waals surface area (Å²) < 4.78 is 5.51. The summed E-state index contributed by atoms with van der Waals surface area (Å²) in [6.45, 7) is 5.58. The largest absolute Gasteiger partial charge is 0.366 e. The lowest BCUT2D eigenvalue weighted by Crippen LogP contribution is -2.52. The van der Waals surface area contributed by atoms with Crippen molar-refractivity contribution in [2.45, 2.75) is 6.10 Å². The van der Waals surface area contributed by atoms with Crippen LogP contribution in [0.5, 0.6) is 0 Å². The van der Waals surface area contributed by atoms with E-state index in [0.717, 1.165) is 39.3 Å². The van der Waals surface area contributed by atoms with Gasteiger partial charge in [-0.15, -0.1) is 0 Å². The van der Waals surface area contributed by atoms with Crippen LogP contribution in [-0.4, -0.2) is 74.7 Å². The van der Waals surface area contributed by atoms with Crippen molar-refractivity contribution in [2.24, 2.45) is 0 Å². The Kier molecular flexibility index (Phi) is 3.56. The highest BCUT2D eigenvalue weighted by Crippen LogP contribution is 2.08. The predicted octanol–water partition coefficient (Wildman–Crippen LogP) is -1.25. The summed E-state index contributed by atoms with van der Waals surface area (Å²) in [5.74, 6) is 0.131. The molecule has 0 unspecified atom stereocenters. The van der Waals surface area contributed by atoms with Crippen LogP contribution in [0.3, 0.4) is 0 Å². The minimum absolute atomic E-state index is 0.131. The first-order chi connectivity index (χ1) is 7.25. The van der Waals surface area contributed by atoms with Gasteiger partial charge in [-0.1, -0.05) is 0 Å². The summed E-state index contributed by atoms with van der Waals surface area (Å²) in [7, 11) is 2.05. The van der Waals surface area contributed by atoms with Crippen molar-refractivity contribution in [1.82, 2.24) is 15.1 Å². The maximum absolute atomic E-state index is 11.7. The molecule has 0 aromatic carbocycles. The van der Waals surface area contributed by atoms with Gasteiger partial charge in [-0.2, -0.15) is 0 Å². The molecule has 2 heterocycles. The molecular weight excluding hydrogens is 194 g/mol. The van der Waals surface area contributed by atoms with Gasteiger partial charge in [0.05, 0.1) is 6.10 Å². The fraction of sp³-hybridized carbons (Fsp3) is 0.900. The standard InChI is InChI=1S/C10H19N3O2/c1-12-6-9(7-12)15-8-10(14)13-4-2-11-3-5-13/h9,11H,2-8H2,1H3. The molecule has 0 aromatic rings. The van der Waals surface area contributed by atoms with Gasteiger partial charge >= 0.3 is 0 Å². The van der Waals surface area contributed by atoms with E-state index in [0.29, 0.717) is 0 Å². The molecule has 0 atom stereocenters. The van der Waals surface area contributed by atoms with Crippen molar-refractivity contribution in [3.8, 4) is 0 Å². The number of rotatable bonds is 3. The van der Waals surface area contributed by atoms with E-state index in [9.17, 15) is 4.79 Å². The van der Waals surface area contributed by atoms with Crippen LogP contribution >= 0.6 is 0 Å². The first-order valence-corrected chi connectivity index (χ1v) is 5.54. The molecule has 2 aliphatic heterocycles. The molecule has 0 aliphatic carbocycles. The molecule has 86 valence electrons. The zero-order valence-corrected chi connectivity index (χ0v) is 9.24. The van der Waals surface area contributed by atoms with Crippen LogP contribution in [0.1, 0.15) is 0 Å². The summed E-state index contributed by atoms with van der Waals surface area (Å²) in [6.07, 6.45) is 0.266. The molecule has 0 aromatic heterocycles. The number of hydrogen-bond acceptors (Lipinski definition) is 4. The van der Waals surface area contributed by atoms with Crippen molar-refractivity contribution in [2.75, 3.05) is 52.9 Å². The third-order valence-electron chi connectivity index (χ3n) is 2.94. The number of amides is 1. The number of nitrogens with one attached hydrogen (secondary N) is 1. The molecule has 0 bridgehead atoms. The summed E-state index contributed by atoms with van der Waals surface area (Å²) in [4.78, 5) is 15.7. The third-order valence-corrected chi connectivity index (χ3v) is 2.94. The van der Waals surface area contributed by atoms with Gasteiger partial charge < -0.3 is 19.9 Å². The second-order valence-corrected chi connectivity index (χ2v) is 4.29. The third kappa shape index (κ3) is 2.90. The number of carbonyl (C=O) groups is 1. The van der Waals surface area contributed by atoms with Crippen molar-refractivity contribution < 1.29 is 9.53 Å². The van der Waals surface area contributed by atoms with Crippen LogP contribution in [0.4, 0.5) is 0 Å². The van der Waals surface area contributed by atoms with Crippen LogP contribution in [-0.2, 0) is 9.53 Å². The highest BCUT2D eigenvalue weighted by atomic mass is 16.5. The van der Waals surface area contributed by atoms with E-state index < -0.39 is 0 Å². The Labute approximate surface area is 90.4 Å². The Bertz CT molecular complexity index is 223. The molecule has 0 radical (unpaired) electrons. The topological polar surface area (TPSA) is 44.8 Å². The first-order valence-electron chi connectivity index (χ1n) is 5.54. The fourth-order valence-corrected chi connectivity index (χ4v) is 1.94. The quantitative estimate of drug-likeness (QED) is 0.636. The second-order valence-electron chi connectivity index (χ2n) is 4.29. The van der Waals surface area contributed by atoms with Crippen molar-refractivity contribution in [1.29, 1.82) is 0 Å². The van der Waals surface area contributed by atoms with Crippen LogP contribution < -0.4 is 5.32 Å². The van der Waals surface area contributed by atoms with Crippen molar-refractivity contribution in [3.63, 3.8) is 0 Å². The molecule has 2 aliphatic rings. The molecule has 1 N–H and O–H groups in total. The summed E-state index contributed by atoms with van der Waals surface area (Å²) >= 11 is 0. The maximum atomic E-state index is 11.7. The lowest BCUT2D eigenvalue weighted by atomic mass is 10.2. The van der Waals surface area contributed by atoms with Gasteiger partial charge in [0, 0.05) is 39.3 Å². The second kappa shape index (κ2) is 4.92. The lowest BCUT2D eigenvalue weighted by molar-refractivity contribution is -0.142. The Morgan fingerprint density at radius 2 is 2.07 bits per heavy atom. The minimum atomic E-state index is 0.131. The molecule has 0 spiro atoms. The van der Waals surface area contributed by atoms with Crippen molar-refractivity contribution >= 4 is 5.91 Å². The number of ether oxygens (including phenoxy) is 1. The Morgan fingerprint density at radius 3 is 2.67 bits per heavy atom. The first kappa shape index (κ1) is 10.9. The van der Waals surface area contributed by atoms with Gasteiger partial charge in [0.2, 0.25) is 5.91 Å².